The minimum absolute atomic E-state index is 0.0239. The normalized spacial score (nSPS) is 12.3. The highest BCUT2D eigenvalue weighted by molar-refractivity contribution is 6.06. The summed E-state index contributed by atoms with van der Waals surface area (Å²) in [5.74, 6) is -0.0544. The Balaban J connectivity index is 1.89. The molecule has 1 amide bonds. The molecule has 1 unspecified atom stereocenters. The Labute approximate surface area is 130 Å². The highest BCUT2D eigenvalue weighted by atomic mass is 19.1. The molecule has 7 nitrogen and oxygen atoms in total. The van der Waals surface area contributed by atoms with Gasteiger partial charge in [0.05, 0.1) is 12.9 Å². The number of fused-ring (bicyclic) bond motifs is 1. The van der Waals surface area contributed by atoms with Crippen LogP contribution in [0.4, 0.5) is 10.2 Å². The van der Waals surface area contributed by atoms with Crippen molar-refractivity contribution in [3.63, 3.8) is 0 Å². The third-order valence-electron chi connectivity index (χ3n) is 3.25. The molecule has 2 heterocycles. The maximum absolute atomic E-state index is 12.4. The summed E-state index contributed by atoms with van der Waals surface area (Å²) in [6.45, 7) is -0.835. The van der Waals surface area contributed by atoms with Gasteiger partial charge < -0.3 is 15.0 Å². The van der Waals surface area contributed by atoms with Crippen molar-refractivity contribution in [2.24, 2.45) is 0 Å². The summed E-state index contributed by atoms with van der Waals surface area (Å²) < 4.78 is 14.0. The minimum atomic E-state index is -1.13. The van der Waals surface area contributed by atoms with Gasteiger partial charge in [-0.15, -0.1) is 0 Å². The molecule has 0 spiro atoms. The highest BCUT2D eigenvalue weighted by Crippen LogP contribution is 2.18. The molecule has 1 atom stereocenters. The number of anilines is 1. The smallest absolute Gasteiger partial charge is 0.256 e. The number of rotatable bonds is 5. The van der Waals surface area contributed by atoms with Crippen molar-refractivity contribution in [1.82, 2.24) is 19.5 Å². The molecule has 2 N–H and O–H groups in total. The number of hydrogen-bond acceptors (Lipinski definition) is 5. The molecule has 2 aromatic heterocycles. The van der Waals surface area contributed by atoms with Gasteiger partial charge in [0, 0.05) is 5.56 Å². The van der Waals surface area contributed by atoms with Crippen LogP contribution in [0.25, 0.3) is 11.2 Å². The average molecular weight is 315 g/mol. The minimum Gasteiger partial charge on any atom is -0.389 e. The Morgan fingerprint density at radius 2 is 2.04 bits per heavy atom. The van der Waals surface area contributed by atoms with Crippen LogP contribution in [-0.4, -0.2) is 43.3 Å². The van der Waals surface area contributed by atoms with E-state index in [4.69, 9.17) is 0 Å². The Morgan fingerprint density at radius 1 is 1.26 bits per heavy atom. The van der Waals surface area contributed by atoms with Gasteiger partial charge in [-0.25, -0.2) is 19.3 Å². The van der Waals surface area contributed by atoms with Gasteiger partial charge in [0.25, 0.3) is 5.91 Å². The van der Waals surface area contributed by atoms with E-state index >= 15 is 0 Å². The van der Waals surface area contributed by atoms with Crippen LogP contribution in [0.1, 0.15) is 10.4 Å². The maximum Gasteiger partial charge on any atom is 0.256 e. The van der Waals surface area contributed by atoms with Gasteiger partial charge in [0.15, 0.2) is 17.0 Å². The first-order valence-electron chi connectivity index (χ1n) is 6.95. The molecule has 3 rings (SSSR count). The van der Waals surface area contributed by atoms with Crippen molar-refractivity contribution in [3.05, 3.63) is 48.5 Å². The first-order chi connectivity index (χ1) is 11.2. The van der Waals surface area contributed by atoms with Gasteiger partial charge >= 0.3 is 0 Å². The van der Waals surface area contributed by atoms with Crippen molar-refractivity contribution < 1.29 is 14.3 Å². The summed E-state index contributed by atoms with van der Waals surface area (Å²) in [6.07, 6.45) is 1.57. The average Bonchev–Trinajstić information content (AvgIpc) is 2.99. The molecule has 118 valence electrons. The molecule has 3 aromatic rings. The van der Waals surface area contributed by atoms with E-state index in [2.05, 4.69) is 20.3 Å². The Bertz CT molecular complexity index is 821. The molecule has 0 bridgehead atoms. The quantitative estimate of drug-likeness (QED) is 0.742. The third kappa shape index (κ3) is 3.16. The van der Waals surface area contributed by atoms with Crippen molar-refractivity contribution in [2.75, 3.05) is 12.0 Å². The van der Waals surface area contributed by atoms with Crippen molar-refractivity contribution in [3.8, 4) is 0 Å². The third-order valence-corrected chi connectivity index (χ3v) is 3.25. The highest BCUT2D eigenvalue weighted by Gasteiger charge is 2.15. The number of alkyl halides is 1. The van der Waals surface area contributed by atoms with E-state index in [1.165, 1.54) is 17.2 Å². The Kier molecular flexibility index (Phi) is 4.24. The summed E-state index contributed by atoms with van der Waals surface area (Å²) in [6, 6.07) is 8.71. The van der Waals surface area contributed by atoms with Crippen LogP contribution in [-0.2, 0) is 6.54 Å². The number of halogens is 1. The lowest BCUT2D eigenvalue weighted by Crippen LogP contribution is -2.17. The number of amides is 1. The maximum atomic E-state index is 12.4. The van der Waals surface area contributed by atoms with Gasteiger partial charge in [0.1, 0.15) is 19.1 Å². The molecule has 0 aliphatic carbocycles. The van der Waals surface area contributed by atoms with E-state index in [0.717, 1.165) is 0 Å². The zero-order valence-electron chi connectivity index (χ0n) is 12.1. The van der Waals surface area contributed by atoms with Crippen LogP contribution >= 0.6 is 0 Å². The van der Waals surface area contributed by atoms with E-state index in [-0.39, 0.29) is 18.3 Å². The first kappa shape index (κ1) is 15.0. The molecule has 0 aliphatic rings. The predicted molar refractivity (Wildman–Crippen MR) is 81.7 cm³/mol. The summed E-state index contributed by atoms with van der Waals surface area (Å²) in [7, 11) is 0. The summed E-state index contributed by atoms with van der Waals surface area (Å²) in [5, 5.41) is 12.1. The zero-order valence-corrected chi connectivity index (χ0v) is 12.1. The molecule has 0 aliphatic heterocycles. The number of imidazole rings is 1. The van der Waals surface area contributed by atoms with E-state index < -0.39 is 12.8 Å². The molecule has 0 radical (unpaired) electrons. The molecule has 0 saturated heterocycles. The monoisotopic (exact) mass is 315 g/mol. The number of carbonyl (C=O) groups excluding carboxylic acids is 1. The number of nitrogens with one attached hydrogen (secondary N) is 1. The van der Waals surface area contributed by atoms with Crippen LogP contribution < -0.4 is 5.32 Å². The standard InChI is InChI=1S/C15H14FN5O2/c16-6-11(22)7-21-9-19-12-13(17-8-18-14(12)21)20-15(23)10-4-2-1-3-5-10/h1-5,8-9,11,22H,6-7H2,(H,17,18,20,23). The summed E-state index contributed by atoms with van der Waals surface area (Å²) in [4.78, 5) is 24.4. The fourth-order valence-corrected chi connectivity index (χ4v) is 2.15. The van der Waals surface area contributed by atoms with Gasteiger partial charge in [-0.2, -0.15) is 0 Å². The lowest BCUT2D eigenvalue weighted by molar-refractivity contribution is 0.102. The number of carbonyl (C=O) groups is 1. The van der Waals surface area contributed by atoms with E-state index in [1.807, 2.05) is 6.07 Å². The van der Waals surface area contributed by atoms with Crippen LogP contribution in [0.2, 0.25) is 0 Å². The second-order valence-corrected chi connectivity index (χ2v) is 4.92. The van der Waals surface area contributed by atoms with Crippen molar-refractivity contribution in [1.29, 1.82) is 0 Å². The van der Waals surface area contributed by atoms with Gasteiger partial charge in [0.2, 0.25) is 0 Å². The van der Waals surface area contributed by atoms with Gasteiger partial charge in [-0.3, -0.25) is 4.79 Å². The van der Waals surface area contributed by atoms with E-state index in [9.17, 15) is 14.3 Å². The molecule has 0 fully saturated rings. The number of benzene rings is 1. The summed E-state index contributed by atoms with van der Waals surface area (Å²) in [5.41, 5.74) is 1.28. The topological polar surface area (TPSA) is 92.9 Å². The Hall–Kier alpha value is -2.87. The van der Waals surface area contributed by atoms with Crippen LogP contribution in [0.3, 0.4) is 0 Å². The SMILES string of the molecule is O=C(Nc1ncnc2c1ncn2CC(O)CF)c1ccccc1. The Morgan fingerprint density at radius 3 is 2.78 bits per heavy atom. The molecular formula is C15H14FN5O2. The van der Waals surface area contributed by atoms with Gasteiger partial charge in [-0.05, 0) is 12.1 Å². The van der Waals surface area contributed by atoms with Gasteiger partial charge in [-0.1, -0.05) is 18.2 Å². The molecule has 23 heavy (non-hydrogen) atoms. The molecule has 0 saturated carbocycles. The number of aromatic nitrogens is 4. The fraction of sp³-hybridized carbons (Fsp3) is 0.200. The molecular weight excluding hydrogens is 301 g/mol. The number of nitrogens with zero attached hydrogens (tertiary/aromatic N) is 4. The first-order valence-corrected chi connectivity index (χ1v) is 6.95. The second-order valence-electron chi connectivity index (χ2n) is 4.92. The number of hydrogen-bond donors (Lipinski definition) is 2. The lowest BCUT2D eigenvalue weighted by Gasteiger charge is -2.08. The predicted octanol–water partition coefficient (Wildman–Crippen LogP) is 1.41. The van der Waals surface area contributed by atoms with Crippen LogP contribution in [0.5, 0.6) is 0 Å². The van der Waals surface area contributed by atoms with E-state index in [0.29, 0.717) is 16.7 Å². The van der Waals surface area contributed by atoms with Crippen molar-refractivity contribution in [2.45, 2.75) is 12.6 Å². The molecule has 8 heteroatoms. The number of aliphatic hydroxyl groups excluding tert-OH is 1. The number of aliphatic hydroxyl groups is 1. The molecule has 1 aromatic carbocycles. The lowest BCUT2D eigenvalue weighted by atomic mass is 10.2. The van der Waals surface area contributed by atoms with E-state index in [1.54, 1.807) is 24.3 Å². The second kappa shape index (κ2) is 6.49. The zero-order chi connectivity index (χ0) is 16.2. The van der Waals surface area contributed by atoms with Crippen LogP contribution in [0, 0.1) is 0 Å². The fourth-order valence-electron chi connectivity index (χ4n) is 2.15. The van der Waals surface area contributed by atoms with Crippen molar-refractivity contribution >= 4 is 22.9 Å². The summed E-state index contributed by atoms with van der Waals surface area (Å²) >= 11 is 0. The van der Waals surface area contributed by atoms with Crippen LogP contribution in [0.15, 0.2) is 43.0 Å². The largest absolute Gasteiger partial charge is 0.389 e.